The highest BCUT2D eigenvalue weighted by Crippen LogP contribution is 2.41. The fraction of sp³-hybridized carbons (Fsp3) is 0.0446. The molecule has 149 heavy (non-hydrogen) atoms. The molecular formula is C112H84ClF5N26O4S. The van der Waals surface area contributed by atoms with Crippen LogP contribution >= 0.6 is 23.4 Å². The Hall–Kier alpha value is -19.6. The summed E-state index contributed by atoms with van der Waals surface area (Å²) in [7, 11) is 0. The fourth-order valence-electron chi connectivity index (χ4n) is 15.9. The largest absolute Gasteiger partial charge is 0.454 e. The average Bonchev–Trinajstić information content (AvgIpc) is 0.809. The molecule has 0 saturated heterocycles. The van der Waals surface area contributed by atoms with Gasteiger partial charge in [0, 0.05) is 227 Å². The number of nitrogen functional groups attached to an aromatic ring is 5. The molecule has 30 nitrogen and oxygen atoms in total. The summed E-state index contributed by atoms with van der Waals surface area (Å²) in [5.74, 6) is 3.10. The molecule has 0 radical (unpaired) electrons. The molecule has 12 heterocycles. The van der Waals surface area contributed by atoms with E-state index in [0.717, 1.165) is 107 Å². The molecule has 23 rings (SSSR count). The maximum atomic E-state index is 14.8. The van der Waals surface area contributed by atoms with Crippen molar-refractivity contribution in [1.82, 2.24) is 84.7 Å². The lowest BCUT2D eigenvalue weighted by molar-refractivity contribution is 0.446. The van der Waals surface area contributed by atoms with Gasteiger partial charge in [-0.1, -0.05) is 108 Å². The molecule has 14 N–H and O–H groups in total. The van der Waals surface area contributed by atoms with E-state index in [-0.39, 0.29) is 63.7 Å². The first-order chi connectivity index (χ1) is 72.7. The molecule has 0 saturated carbocycles. The van der Waals surface area contributed by atoms with E-state index in [0.29, 0.717) is 103 Å². The Labute approximate surface area is 856 Å². The Morgan fingerprint density at radius 3 is 1.13 bits per heavy atom. The van der Waals surface area contributed by atoms with Crippen LogP contribution in [0.3, 0.4) is 0 Å². The number of hydrogen-bond acceptors (Lipinski definition) is 31. The minimum Gasteiger partial charge on any atom is -0.454 e. The lowest BCUT2D eigenvalue weighted by Gasteiger charge is -2.19. The van der Waals surface area contributed by atoms with Crippen LogP contribution in [0.2, 0.25) is 5.15 Å². The van der Waals surface area contributed by atoms with Gasteiger partial charge in [-0.3, -0.25) is 34.9 Å². The first-order valence-corrected chi connectivity index (χ1v) is 47.3. The van der Waals surface area contributed by atoms with Crippen LogP contribution in [0.4, 0.5) is 97.7 Å². The van der Waals surface area contributed by atoms with Gasteiger partial charge in [0.1, 0.15) is 57.2 Å². The van der Waals surface area contributed by atoms with Crippen LogP contribution in [-0.2, 0) is 19.3 Å². The van der Waals surface area contributed by atoms with E-state index in [1.807, 2.05) is 140 Å². The van der Waals surface area contributed by atoms with E-state index in [1.54, 1.807) is 196 Å². The zero-order valence-electron chi connectivity index (χ0n) is 78.5. The van der Waals surface area contributed by atoms with Gasteiger partial charge in [0.05, 0.1) is 28.5 Å². The maximum absolute atomic E-state index is 14.8. The molecule has 0 fully saturated rings. The van der Waals surface area contributed by atoms with Crippen molar-refractivity contribution in [2.45, 2.75) is 41.9 Å². The minimum absolute atomic E-state index is 0.0865. The number of fused-ring (bicyclic) bond motifs is 5. The maximum Gasteiger partial charge on any atom is 0.222 e. The van der Waals surface area contributed by atoms with Gasteiger partial charge in [0.15, 0.2) is 46.3 Å². The number of rotatable bonds is 23. The van der Waals surface area contributed by atoms with Crippen molar-refractivity contribution in [1.29, 1.82) is 0 Å². The topological polar surface area (TPSA) is 434 Å². The predicted molar refractivity (Wildman–Crippen MR) is 569 cm³/mol. The molecule has 1 aliphatic carbocycles. The van der Waals surface area contributed by atoms with Gasteiger partial charge in [-0.2, -0.15) is 19.9 Å². The molecule has 0 spiro atoms. The molecule has 0 bridgehead atoms. The van der Waals surface area contributed by atoms with E-state index in [9.17, 15) is 22.0 Å². The third kappa shape index (κ3) is 25.4. The summed E-state index contributed by atoms with van der Waals surface area (Å²) in [5, 5.41) is 19.8. The van der Waals surface area contributed by atoms with E-state index >= 15 is 0 Å². The van der Waals surface area contributed by atoms with Crippen molar-refractivity contribution in [3.05, 3.63) is 423 Å². The van der Waals surface area contributed by atoms with E-state index in [1.165, 1.54) is 42.1 Å². The molecule has 734 valence electrons. The Morgan fingerprint density at radius 1 is 0.295 bits per heavy atom. The summed E-state index contributed by atoms with van der Waals surface area (Å²) in [4.78, 5) is 71.9. The number of ether oxygens (including phenoxy) is 4. The quantitative estimate of drug-likeness (QED) is 0.0212. The number of pyridine rings is 7. The van der Waals surface area contributed by atoms with E-state index in [4.69, 9.17) is 59.2 Å². The number of hydrogen-bond donors (Lipinski definition) is 9. The first-order valence-electron chi connectivity index (χ1n) is 46.1. The second-order valence-corrected chi connectivity index (χ2v) is 34.6. The van der Waals surface area contributed by atoms with E-state index < -0.39 is 23.3 Å². The lowest BCUT2D eigenvalue weighted by Crippen LogP contribution is -2.12. The molecule has 0 aliphatic heterocycles. The second kappa shape index (κ2) is 46.2. The summed E-state index contributed by atoms with van der Waals surface area (Å²) in [6, 6.07) is 80.7. The van der Waals surface area contributed by atoms with Crippen molar-refractivity contribution in [3.63, 3.8) is 0 Å². The number of nitrogens with one attached hydrogen (secondary N) is 4. The van der Waals surface area contributed by atoms with Gasteiger partial charge in [-0.15, -0.1) is 0 Å². The molecule has 22 aromatic rings. The van der Waals surface area contributed by atoms with Gasteiger partial charge in [-0.05, 0) is 189 Å². The monoisotopic (exact) mass is 2020 g/mol. The molecule has 1 aliphatic rings. The summed E-state index contributed by atoms with van der Waals surface area (Å²) in [5.41, 5.74) is 39.0. The Morgan fingerprint density at radius 2 is 0.685 bits per heavy atom. The van der Waals surface area contributed by atoms with Gasteiger partial charge < -0.3 is 68.9 Å². The van der Waals surface area contributed by atoms with Gasteiger partial charge in [-0.25, -0.2) is 51.9 Å². The van der Waals surface area contributed by atoms with Crippen LogP contribution in [0.25, 0.3) is 76.9 Å². The number of nitrogens with two attached hydrogens (primary N) is 5. The van der Waals surface area contributed by atoms with Crippen molar-refractivity contribution >= 4 is 142 Å². The number of halogens is 6. The lowest BCUT2D eigenvalue weighted by atomic mass is 9.96. The van der Waals surface area contributed by atoms with Crippen LogP contribution in [0, 0.1) is 29.1 Å². The van der Waals surface area contributed by atoms with Crippen LogP contribution in [0.5, 0.6) is 46.0 Å². The number of anilines is 13. The van der Waals surface area contributed by atoms with E-state index in [2.05, 4.69) is 106 Å². The van der Waals surface area contributed by atoms with Crippen LogP contribution in [-0.4, -0.2) is 84.7 Å². The Balaban J connectivity index is 0.000000117. The molecule has 0 atom stereocenters. The Bertz CT molecular complexity index is 8030. The van der Waals surface area contributed by atoms with Crippen molar-refractivity contribution < 1.29 is 40.9 Å². The normalized spacial score (nSPS) is 11.2. The first kappa shape index (κ1) is 98.2. The number of benzene rings is 10. The molecule has 0 amide bonds. The summed E-state index contributed by atoms with van der Waals surface area (Å²) < 4.78 is 96.9. The van der Waals surface area contributed by atoms with Crippen LogP contribution in [0.1, 0.15) is 35.4 Å². The molecule has 0 unspecified atom stereocenters. The zero-order valence-corrected chi connectivity index (χ0v) is 80.0. The van der Waals surface area contributed by atoms with Crippen molar-refractivity contribution in [2.24, 2.45) is 0 Å². The third-order valence-corrected chi connectivity index (χ3v) is 24.0. The number of aryl methyl sites for hydroxylation is 1. The Kier molecular flexibility index (Phi) is 30.4. The van der Waals surface area contributed by atoms with Gasteiger partial charge in [0.25, 0.3) is 0 Å². The zero-order chi connectivity index (χ0) is 102. The summed E-state index contributed by atoms with van der Waals surface area (Å²) >= 11 is 7.25. The predicted octanol–water partition coefficient (Wildman–Crippen LogP) is 25.8. The SMILES string of the molecule is Nc1nc(Cl)cc(Cc2ccc(Oc3cccc4cnccc34)c(F)c2)n1.Nc1nc(Nc2ccc(Oc3cccc4cnccc34)c(F)c2)cc(-c2ccccc2)n1.Nc1nc(Nc2ccc(Oc3cccc4cnccc34)c(F)c2)cc(-c2cccnc2)n1.Nc1nc(Nc2ccc(Oc3cccc4cnccc34)c(F)c2)cc(-c2ccncc2)n1.Nc1nc2c(c(Nc3ccc(Sc4ccncc4)c(F)c3)n1)CCCC2. The van der Waals surface area contributed by atoms with Crippen molar-refractivity contribution in [2.75, 3.05) is 49.9 Å². The fourth-order valence-corrected chi connectivity index (χ4v) is 16.9. The number of aromatic nitrogens is 17. The highest BCUT2D eigenvalue weighted by molar-refractivity contribution is 7.99. The third-order valence-electron chi connectivity index (χ3n) is 22.7. The van der Waals surface area contributed by atoms with Gasteiger partial charge >= 0.3 is 0 Å². The summed E-state index contributed by atoms with van der Waals surface area (Å²) in [6.45, 7) is 0. The molecule has 37 heteroatoms. The highest BCUT2D eigenvalue weighted by Gasteiger charge is 2.22. The second-order valence-electron chi connectivity index (χ2n) is 33.1. The minimum atomic E-state index is -0.518. The number of nitrogens with zero attached hydrogens (tertiary/aromatic N) is 17. The van der Waals surface area contributed by atoms with Crippen LogP contribution < -0.4 is 68.9 Å². The molecular weight excluding hydrogens is 1940 g/mol. The van der Waals surface area contributed by atoms with Crippen LogP contribution in [0.15, 0.2) is 376 Å². The highest BCUT2D eigenvalue weighted by atomic mass is 35.5. The molecule has 10 aromatic carbocycles. The smallest absolute Gasteiger partial charge is 0.222 e. The standard InChI is InChI=1S/C25H18FN5O.2C24H17FN6O.C20H14ClFN4O.C19H18FN5S/c26-20-13-18(29-24-14-21(30-25(27)31-24)16-5-2-1-3-6-16)9-10-23(20)32-22-8-4-7-17-15-28-12-11-19(17)22;25-19-11-17(29-23-12-20(30-24(26)31-23)16-4-2-9-27-14-16)6-7-22(19)32-21-5-1-3-15-13-28-10-8-18(15)21;25-19-12-17(29-23-13-20(30-24(26)31-23)15-6-9-27-10-7-15)4-5-22(19)32-21-3-1-2-16-14-28-11-8-18(16)21;21-19-10-14(25-20(23)26-19)8-12-4-5-18(16(22)9-12)27-17-3-1-2-13-11-24-7-6-15(13)17;20-15-11-12(5-6-17(15)26-13-7-9-22-10-8-13)23-18-14-3-1-2-4-16(14)24-19(21)25-18/h1-15H,(H3,27,29,30,31);2*1-14H,(H3,26,29,30,31);1-7,9-11H,8H2,(H2,23,25,26);5-11H,1-4H2,(H3,21,23,24,25). The van der Waals surface area contributed by atoms with Crippen molar-refractivity contribution in [3.8, 4) is 79.8 Å². The average molecular weight is 2020 g/mol. The molecule has 12 aromatic heterocycles. The van der Waals surface area contributed by atoms with Gasteiger partial charge in [0.2, 0.25) is 29.7 Å². The summed E-state index contributed by atoms with van der Waals surface area (Å²) in [6.07, 6.45) is 28.1.